The molecule has 4 aromatic carbocycles. The summed E-state index contributed by atoms with van der Waals surface area (Å²) >= 11 is 0. The maximum absolute atomic E-state index is 12.3. The Morgan fingerprint density at radius 1 is 0.429 bits per heavy atom. The summed E-state index contributed by atoms with van der Waals surface area (Å²) in [5.41, 5.74) is 3.93. The summed E-state index contributed by atoms with van der Waals surface area (Å²) in [6.45, 7) is 16.9. The second-order valence-corrected chi connectivity index (χ2v) is 15.2. The van der Waals surface area contributed by atoms with Crippen LogP contribution in [0.15, 0.2) is 109 Å². The summed E-state index contributed by atoms with van der Waals surface area (Å²) < 4.78 is 4.26. The molecule has 8 bridgehead atoms. The largest absolute Gasteiger partial charge is 0.507 e. The van der Waals surface area contributed by atoms with Gasteiger partial charge in [0, 0.05) is 77.9 Å². The van der Waals surface area contributed by atoms with Gasteiger partial charge >= 0.3 is 0 Å². The van der Waals surface area contributed by atoms with Crippen molar-refractivity contribution in [1.82, 2.24) is 19.1 Å². The zero-order valence-electron chi connectivity index (χ0n) is 29.4. The minimum atomic E-state index is -0.710. The molecule has 0 spiro atoms. The number of para-hydroxylation sites is 4. The molecule has 7 rings (SSSR count). The number of hydrogen-bond acceptors (Lipinski definition) is 4. The predicted molar refractivity (Wildman–Crippen MR) is 192 cm³/mol. The Morgan fingerprint density at radius 3 is 1.06 bits per heavy atom. The Labute approximate surface area is 303 Å². The SMILES string of the molecule is CC1(C)c2cn(-c3ccccc3)c(n2)C(C)(C)c2cccc(c2O)C(C)(C)c2cn(-c3ccccc3)c(n2)C(C)(C)c2cccc1c2O.[Pt]. The zero-order valence-corrected chi connectivity index (χ0v) is 31.7. The van der Waals surface area contributed by atoms with Gasteiger partial charge < -0.3 is 19.3 Å². The van der Waals surface area contributed by atoms with Crippen molar-refractivity contribution < 1.29 is 31.3 Å². The van der Waals surface area contributed by atoms with Gasteiger partial charge in [-0.15, -0.1) is 0 Å². The Morgan fingerprint density at radius 2 is 0.735 bits per heavy atom. The van der Waals surface area contributed by atoms with Gasteiger partial charge in [0.2, 0.25) is 0 Å². The quantitative estimate of drug-likeness (QED) is 0.183. The number of phenolic OH excluding ortho intramolecular Hbond substituents is 2. The van der Waals surface area contributed by atoms with E-state index in [0.29, 0.717) is 0 Å². The molecule has 254 valence electrons. The summed E-state index contributed by atoms with van der Waals surface area (Å²) in [7, 11) is 0. The number of imidazole rings is 2. The van der Waals surface area contributed by atoms with Crippen LogP contribution in [0.1, 0.15) is 101 Å². The molecule has 0 unspecified atom stereocenters. The molecule has 0 saturated heterocycles. The summed E-state index contributed by atoms with van der Waals surface area (Å²) in [6, 6.07) is 32.4. The van der Waals surface area contributed by atoms with E-state index in [1.54, 1.807) is 0 Å². The minimum absolute atomic E-state index is 0. The summed E-state index contributed by atoms with van der Waals surface area (Å²) in [4.78, 5) is 10.7. The Hall–Kier alpha value is -4.41. The number of fused-ring (bicyclic) bond motifs is 8. The number of aromatic nitrogens is 4. The van der Waals surface area contributed by atoms with E-state index in [1.807, 2.05) is 72.8 Å². The second-order valence-electron chi connectivity index (χ2n) is 15.2. The summed E-state index contributed by atoms with van der Waals surface area (Å²) in [5.74, 6) is 2.06. The van der Waals surface area contributed by atoms with Gasteiger partial charge in [-0.1, -0.05) is 72.8 Å². The van der Waals surface area contributed by atoms with Gasteiger partial charge in [0.05, 0.1) is 22.2 Å². The average Bonchev–Trinajstić information content (AvgIpc) is 3.73. The molecule has 2 N–H and O–H groups in total. The standard InChI is InChI=1S/C42H44N4O2.Pt/c1-39(2)29-21-15-23-31(35(29)47)41(5,6)38-44-34(26-46(38)28-19-13-10-14-20-28)40(3,4)30-22-16-24-32(36(30)48)42(7,8)37-43-33(39)25-45(37)27-17-11-9-12-18-27;/h9-26,47-48H,1-8H3;. The Balaban J connectivity index is 0.00000417. The van der Waals surface area contributed by atoms with Crippen LogP contribution in [0.3, 0.4) is 0 Å². The van der Waals surface area contributed by atoms with E-state index in [2.05, 4.69) is 101 Å². The molecule has 0 atom stereocenters. The number of benzene rings is 4. The van der Waals surface area contributed by atoms with Crippen molar-refractivity contribution in [3.63, 3.8) is 0 Å². The van der Waals surface area contributed by atoms with Crippen LogP contribution in [0.5, 0.6) is 11.5 Å². The first-order valence-electron chi connectivity index (χ1n) is 16.6. The molecule has 6 aromatic rings. The normalized spacial score (nSPS) is 16.8. The van der Waals surface area contributed by atoms with Crippen molar-refractivity contribution in [3.05, 3.63) is 155 Å². The van der Waals surface area contributed by atoms with E-state index < -0.39 is 21.7 Å². The van der Waals surface area contributed by atoms with Gasteiger partial charge in [-0.25, -0.2) is 9.97 Å². The molecule has 6 nitrogen and oxygen atoms in total. The van der Waals surface area contributed by atoms with Gasteiger partial charge in [0.1, 0.15) is 23.1 Å². The second kappa shape index (κ2) is 11.9. The number of phenols is 2. The average molecular weight is 832 g/mol. The molecular formula is C42H44N4O2Pt. The number of rotatable bonds is 2. The van der Waals surface area contributed by atoms with Crippen LogP contribution in [0.25, 0.3) is 11.4 Å². The van der Waals surface area contributed by atoms with E-state index in [1.165, 1.54) is 0 Å². The zero-order chi connectivity index (χ0) is 34.2. The summed E-state index contributed by atoms with van der Waals surface area (Å²) in [5, 5.41) is 24.5. The third kappa shape index (κ3) is 5.27. The van der Waals surface area contributed by atoms with Gasteiger partial charge in [0.25, 0.3) is 0 Å². The van der Waals surface area contributed by atoms with E-state index in [9.17, 15) is 10.2 Å². The van der Waals surface area contributed by atoms with E-state index >= 15 is 0 Å². The van der Waals surface area contributed by atoms with E-state index in [0.717, 1.165) is 56.7 Å². The molecule has 49 heavy (non-hydrogen) atoms. The topological polar surface area (TPSA) is 76.1 Å². The Kier molecular flexibility index (Phi) is 8.35. The fourth-order valence-electron chi connectivity index (χ4n) is 7.44. The smallest absolute Gasteiger partial charge is 0.123 e. The van der Waals surface area contributed by atoms with E-state index in [-0.39, 0.29) is 32.6 Å². The third-order valence-corrected chi connectivity index (χ3v) is 10.6. The van der Waals surface area contributed by atoms with Crippen LogP contribution in [-0.2, 0) is 42.7 Å². The summed E-state index contributed by atoms with van der Waals surface area (Å²) in [6.07, 6.45) is 4.17. The fourth-order valence-corrected chi connectivity index (χ4v) is 7.44. The van der Waals surface area contributed by atoms with Crippen molar-refractivity contribution in [2.75, 3.05) is 0 Å². The monoisotopic (exact) mass is 831 g/mol. The van der Waals surface area contributed by atoms with Crippen molar-refractivity contribution in [1.29, 1.82) is 0 Å². The van der Waals surface area contributed by atoms with Gasteiger partial charge in [0.15, 0.2) is 0 Å². The van der Waals surface area contributed by atoms with Crippen LogP contribution in [0.2, 0.25) is 0 Å². The molecular weight excluding hydrogens is 788 g/mol. The van der Waals surface area contributed by atoms with E-state index in [4.69, 9.17) is 9.97 Å². The van der Waals surface area contributed by atoms with Crippen LogP contribution >= 0.6 is 0 Å². The fraction of sp³-hybridized carbons (Fsp3) is 0.286. The molecule has 7 heteroatoms. The molecule has 0 saturated carbocycles. The molecule has 1 aliphatic rings. The molecule has 0 amide bonds. The van der Waals surface area contributed by atoms with Crippen molar-refractivity contribution in [2.45, 2.75) is 77.0 Å². The first-order valence-corrected chi connectivity index (χ1v) is 16.6. The molecule has 0 fully saturated rings. The van der Waals surface area contributed by atoms with Crippen molar-refractivity contribution in [2.24, 2.45) is 0 Å². The van der Waals surface area contributed by atoms with Crippen molar-refractivity contribution >= 4 is 0 Å². The van der Waals surface area contributed by atoms with Gasteiger partial charge in [-0.2, -0.15) is 0 Å². The number of hydrogen-bond donors (Lipinski definition) is 2. The van der Waals surface area contributed by atoms with Gasteiger partial charge in [-0.3, -0.25) is 0 Å². The maximum atomic E-state index is 12.3. The van der Waals surface area contributed by atoms with Crippen LogP contribution < -0.4 is 0 Å². The molecule has 0 aliphatic carbocycles. The minimum Gasteiger partial charge on any atom is -0.507 e. The molecule has 3 heterocycles. The third-order valence-electron chi connectivity index (χ3n) is 10.6. The number of aromatic hydroxyl groups is 2. The van der Waals surface area contributed by atoms with Crippen LogP contribution in [0, 0.1) is 0 Å². The first-order chi connectivity index (χ1) is 22.7. The number of nitrogens with zero attached hydrogens (tertiary/aromatic N) is 4. The van der Waals surface area contributed by atoms with Gasteiger partial charge in [-0.05, 0) is 79.7 Å². The first kappa shape index (κ1) is 34.5. The Bertz CT molecular complexity index is 2000. The predicted octanol–water partition coefficient (Wildman–Crippen LogP) is 9.08. The van der Waals surface area contributed by atoms with Crippen LogP contribution in [0.4, 0.5) is 0 Å². The molecule has 0 radical (unpaired) electrons. The van der Waals surface area contributed by atoms with Crippen LogP contribution in [-0.4, -0.2) is 29.3 Å². The molecule has 2 aromatic heterocycles. The molecule has 1 aliphatic heterocycles. The van der Waals surface area contributed by atoms with Crippen molar-refractivity contribution in [3.8, 4) is 22.9 Å². The maximum Gasteiger partial charge on any atom is 0.123 e.